The molecule has 0 aliphatic carbocycles. The minimum Gasteiger partial charge on any atom is -0.340 e. The monoisotopic (exact) mass is 236 g/mol. The minimum atomic E-state index is 0.00736. The molecule has 0 radical (unpaired) electrons. The first-order valence-electron chi connectivity index (χ1n) is 6.10. The van der Waals surface area contributed by atoms with E-state index in [-0.39, 0.29) is 11.9 Å². The molecule has 5 heteroatoms. The Balaban J connectivity index is 2.13. The zero-order valence-electron chi connectivity index (χ0n) is 10.5. The lowest BCUT2D eigenvalue weighted by Crippen LogP contribution is -2.49. The van der Waals surface area contributed by atoms with Crippen molar-refractivity contribution in [2.75, 3.05) is 13.1 Å². The normalized spacial score (nSPS) is 25.0. The molecule has 1 aromatic heterocycles. The van der Waals surface area contributed by atoms with E-state index in [2.05, 4.69) is 11.9 Å². The van der Waals surface area contributed by atoms with E-state index in [1.165, 1.54) is 0 Å². The van der Waals surface area contributed by atoms with Crippen LogP contribution in [-0.4, -0.2) is 39.5 Å². The predicted octanol–water partition coefficient (Wildman–Crippen LogP) is 0.620. The van der Waals surface area contributed by atoms with Gasteiger partial charge in [0.25, 0.3) is 5.91 Å². The van der Waals surface area contributed by atoms with Crippen molar-refractivity contribution in [3.05, 3.63) is 18.2 Å². The number of nitrogens with zero attached hydrogens (tertiary/aromatic N) is 3. The fraction of sp³-hybridized carbons (Fsp3) is 0.667. The van der Waals surface area contributed by atoms with Crippen LogP contribution < -0.4 is 5.73 Å². The Morgan fingerprint density at radius 1 is 1.65 bits per heavy atom. The molecule has 0 bridgehead atoms. The summed E-state index contributed by atoms with van der Waals surface area (Å²) in [5.41, 5.74) is 6.27. The lowest BCUT2D eigenvalue weighted by molar-refractivity contribution is 0.0568. The summed E-state index contributed by atoms with van der Waals surface area (Å²) in [5.74, 6) is 0.657. The standard InChI is InChI=1S/C12H20N4O/c1-9-3-4-16(10(5-9)6-13)12(17)11-7-15(2)8-14-11/h7-10H,3-6,13H2,1-2H3. The van der Waals surface area contributed by atoms with Crippen LogP contribution in [0.1, 0.15) is 30.3 Å². The van der Waals surface area contributed by atoms with Crippen LogP contribution in [0.3, 0.4) is 0 Å². The number of carbonyl (C=O) groups is 1. The maximum Gasteiger partial charge on any atom is 0.274 e. The second-order valence-corrected chi connectivity index (χ2v) is 4.94. The second-order valence-electron chi connectivity index (χ2n) is 4.94. The van der Waals surface area contributed by atoms with Crippen LogP contribution in [0, 0.1) is 5.92 Å². The molecule has 0 spiro atoms. The van der Waals surface area contributed by atoms with Gasteiger partial charge in [-0.1, -0.05) is 6.92 Å². The maximum atomic E-state index is 12.3. The van der Waals surface area contributed by atoms with Crippen molar-refractivity contribution in [1.29, 1.82) is 0 Å². The molecule has 1 aromatic rings. The molecule has 1 aliphatic heterocycles. The molecule has 1 aliphatic rings. The zero-order valence-corrected chi connectivity index (χ0v) is 10.5. The Morgan fingerprint density at radius 3 is 3.00 bits per heavy atom. The number of carbonyl (C=O) groups excluding carboxylic acids is 1. The molecule has 0 aromatic carbocycles. The van der Waals surface area contributed by atoms with Crippen LogP contribution in [0.4, 0.5) is 0 Å². The van der Waals surface area contributed by atoms with Crippen LogP contribution in [0.25, 0.3) is 0 Å². The number of amides is 1. The Hall–Kier alpha value is -1.36. The number of aromatic nitrogens is 2. The number of likely N-dealkylation sites (tertiary alicyclic amines) is 1. The van der Waals surface area contributed by atoms with Gasteiger partial charge in [-0.05, 0) is 18.8 Å². The summed E-state index contributed by atoms with van der Waals surface area (Å²) in [7, 11) is 1.86. The van der Waals surface area contributed by atoms with Crippen molar-refractivity contribution in [3.63, 3.8) is 0 Å². The molecule has 0 saturated carbocycles. The van der Waals surface area contributed by atoms with Crippen LogP contribution in [0.15, 0.2) is 12.5 Å². The number of imidazole rings is 1. The van der Waals surface area contributed by atoms with Gasteiger partial charge in [-0.2, -0.15) is 0 Å². The predicted molar refractivity (Wildman–Crippen MR) is 65.5 cm³/mol. The summed E-state index contributed by atoms with van der Waals surface area (Å²) in [6.07, 6.45) is 5.45. The molecule has 2 heterocycles. The van der Waals surface area contributed by atoms with Gasteiger partial charge in [0.05, 0.1) is 6.33 Å². The number of aryl methyl sites for hydroxylation is 1. The number of hydrogen-bond acceptors (Lipinski definition) is 3. The fourth-order valence-electron chi connectivity index (χ4n) is 2.41. The van der Waals surface area contributed by atoms with E-state index in [0.717, 1.165) is 19.4 Å². The average Bonchev–Trinajstić information content (AvgIpc) is 2.75. The number of hydrogen-bond donors (Lipinski definition) is 1. The summed E-state index contributed by atoms with van der Waals surface area (Å²) in [6.45, 7) is 3.53. The SMILES string of the molecule is CC1CCN(C(=O)c2cn(C)cn2)C(CN)C1. The molecule has 2 N–H and O–H groups in total. The Morgan fingerprint density at radius 2 is 2.41 bits per heavy atom. The van der Waals surface area contributed by atoms with E-state index in [9.17, 15) is 4.79 Å². The van der Waals surface area contributed by atoms with Gasteiger partial charge in [-0.15, -0.1) is 0 Å². The molecule has 17 heavy (non-hydrogen) atoms. The van der Waals surface area contributed by atoms with Gasteiger partial charge in [-0.25, -0.2) is 4.98 Å². The van der Waals surface area contributed by atoms with Crippen molar-refractivity contribution < 1.29 is 4.79 Å². The zero-order chi connectivity index (χ0) is 12.4. The van der Waals surface area contributed by atoms with Crippen LogP contribution in [0.5, 0.6) is 0 Å². The van der Waals surface area contributed by atoms with Gasteiger partial charge in [0.2, 0.25) is 0 Å². The third-order valence-corrected chi connectivity index (χ3v) is 3.43. The number of rotatable bonds is 2. The quantitative estimate of drug-likeness (QED) is 0.818. The second kappa shape index (κ2) is 4.87. The van der Waals surface area contributed by atoms with Crippen LogP contribution in [0.2, 0.25) is 0 Å². The fourth-order valence-corrected chi connectivity index (χ4v) is 2.41. The van der Waals surface area contributed by atoms with E-state index in [4.69, 9.17) is 5.73 Å². The summed E-state index contributed by atoms with van der Waals surface area (Å²) >= 11 is 0. The van der Waals surface area contributed by atoms with Gasteiger partial charge in [-0.3, -0.25) is 4.79 Å². The van der Waals surface area contributed by atoms with Crippen molar-refractivity contribution in [3.8, 4) is 0 Å². The summed E-state index contributed by atoms with van der Waals surface area (Å²) in [4.78, 5) is 18.3. The average molecular weight is 236 g/mol. The molecule has 2 rings (SSSR count). The smallest absolute Gasteiger partial charge is 0.274 e. The molecule has 2 atom stereocenters. The van der Waals surface area contributed by atoms with Crippen molar-refractivity contribution >= 4 is 5.91 Å². The van der Waals surface area contributed by atoms with Crippen LogP contribution >= 0.6 is 0 Å². The molecular weight excluding hydrogens is 216 g/mol. The lowest BCUT2D eigenvalue weighted by atomic mass is 9.92. The minimum absolute atomic E-state index is 0.00736. The highest BCUT2D eigenvalue weighted by molar-refractivity contribution is 5.92. The number of piperidine rings is 1. The molecule has 1 amide bonds. The van der Waals surface area contributed by atoms with E-state index in [1.807, 2.05) is 11.9 Å². The lowest BCUT2D eigenvalue weighted by Gasteiger charge is -2.37. The van der Waals surface area contributed by atoms with Gasteiger partial charge >= 0.3 is 0 Å². The molecule has 2 unspecified atom stereocenters. The Kier molecular flexibility index (Phi) is 3.47. The van der Waals surface area contributed by atoms with Crippen molar-refractivity contribution in [2.45, 2.75) is 25.8 Å². The molecule has 94 valence electrons. The largest absolute Gasteiger partial charge is 0.340 e. The molecule has 5 nitrogen and oxygen atoms in total. The topological polar surface area (TPSA) is 64.2 Å². The third kappa shape index (κ3) is 2.49. The Bertz CT molecular complexity index is 401. The summed E-state index contributed by atoms with van der Waals surface area (Å²) < 4.78 is 1.79. The third-order valence-electron chi connectivity index (χ3n) is 3.43. The maximum absolute atomic E-state index is 12.3. The molecule has 1 saturated heterocycles. The highest BCUT2D eigenvalue weighted by Crippen LogP contribution is 2.23. The van der Waals surface area contributed by atoms with Crippen molar-refractivity contribution in [1.82, 2.24) is 14.5 Å². The van der Waals surface area contributed by atoms with Gasteiger partial charge in [0.1, 0.15) is 5.69 Å². The first-order valence-corrected chi connectivity index (χ1v) is 6.10. The molecular formula is C12H20N4O. The first-order chi connectivity index (χ1) is 8.11. The first kappa shape index (κ1) is 12.1. The Labute approximate surface area is 102 Å². The highest BCUT2D eigenvalue weighted by atomic mass is 16.2. The summed E-state index contributed by atoms with van der Waals surface area (Å²) in [6, 6.07) is 0.160. The number of nitrogens with two attached hydrogens (primary N) is 1. The van der Waals surface area contributed by atoms with E-state index in [0.29, 0.717) is 18.2 Å². The van der Waals surface area contributed by atoms with E-state index < -0.39 is 0 Å². The highest BCUT2D eigenvalue weighted by Gasteiger charge is 2.30. The van der Waals surface area contributed by atoms with E-state index >= 15 is 0 Å². The van der Waals surface area contributed by atoms with Gasteiger partial charge < -0.3 is 15.2 Å². The van der Waals surface area contributed by atoms with E-state index in [1.54, 1.807) is 17.1 Å². The van der Waals surface area contributed by atoms with Gasteiger partial charge in [0, 0.05) is 32.4 Å². The molecule has 1 fully saturated rings. The summed E-state index contributed by atoms with van der Waals surface area (Å²) in [5, 5.41) is 0. The van der Waals surface area contributed by atoms with Crippen LogP contribution in [-0.2, 0) is 7.05 Å². The van der Waals surface area contributed by atoms with Gasteiger partial charge in [0.15, 0.2) is 0 Å². The van der Waals surface area contributed by atoms with Crippen molar-refractivity contribution in [2.24, 2.45) is 18.7 Å².